The van der Waals surface area contributed by atoms with Gasteiger partial charge in [-0.25, -0.2) is 0 Å². The lowest BCUT2D eigenvalue weighted by molar-refractivity contribution is 0.0536. The van der Waals surface area contributed by atoms with Crippen molar-refractivity contribution in [2.75, 3.05) is 0 Å². The van der Waals surface area contributed by atoms with Crippen molar-refractivity contribution in [3.05, 3.63) is 35.4 Å². The van der Waals surface area contributed by atoms with E-state index < -0.39 is 13.9 Å². The molecule has 3 nitrogen and oxygen atoms in total. The smallest absolute Gasteiger partial charge is 0.317 e. The molecule has 1 rings (SSSR count). The molecule has 0 saturated carbocycles. The fourth-order valence-corrected chi connectivity index (χ4v) is 2.63. The number of hydrogen-bond donors (Lipinski definition) is 1. The molecule has 1 unspecified atom stereocenters. The first-order chi connectivity index (χ1) is 7.54. The second-order valence-electron chi connectivity index (χ2n) is 3.94. The Morgan fingerprint density at radius 2 is 1.75 bits per heavy atom. The molecule has 0 saturated heterocycles. The van der Waals surface area contributed by atoms with Crippen molar-refractivity contribution in [3.8, 4) is 0 Å². The molecule has 4 heteroatoms. The van der Waals surface area contributed by atoms with Crippen molar-refractivity contribution in [2.24, 2.45) is 0 Å². The zero-order chi connectivity index (χ0) is 12.2. The highest BCUT2D eigenvalue weighted by Gasteiger charge is 2.31. The second-order valence-corrected chi connectivity index (χ2v) is 4.67. The molecule has 0 radical (unpaired) electrons. The molecular weight excluding hydrogens is 223 g/mol. The van der Waals surface area contributed by atoms with Gasteiger partial charge in [0.05, 0.1) is 0 Å². The fourth-order valence-electron chi connectivity index (χ4n) is 1.89. The summed E-state index contributed by atoms with van der Waals surface area (Å²) in [5.41, 5.74) is 1.51. The van der Waals surface area contributed by atoms with Crippen LogP contribution in [0.3, 0.4) is 0 Å². The van der Waals surface area contributed by atoms with Crippen LogP contribution in [0.15, 0.2) is 24.3 Å². The van der Waals surface area contributed by atoms with E-state index in [1.807, 2.05) is 45.0 Å². The van der Waals surface area contributed by atoms with E-state index in [-0.39, 0.29) is 0 Å². The van der Waals surface area contributed by atoms with Gasteiger partial charge >= 0.3 is 8.25 Å². The Bertz CT molecular complexity index is 355. The van der Waals surface area contributed by atoms with Crippen LogP contribution in [-0.4, -0.2) is 4.89 Å². The molecule has 1 N–H and O–H groups in total. The molecule has 1 atom stereocenters. The van der Waals surface area contributed by atoms with Gasteiger partial charge in [0, 0.05) is 0 Å². The lowest BCUT2D eigenvalue weighted by Gasteiger charge is -2.31. The first kappa shape index (κ1) is 13.4. The van der Waals surface area contributed by atoms with Gasteiger partial charge in [0.25, 0.3) is 0 Å². The van der Waals surface area contributed by atoms with Crippen molar-refractivity contribution in [3.63, 3.8) is 0 Å². The van der Waals surface area contributed by atoms with Gasteiger partial charge in [0.2, 0.25) is 0 Å². The Hall–Kier alpha value is -0.630. The van der Waals surface area contributed by atoms with E-state index in [1.165, 1.54) is 5.56 Å². The number of rotatable bonds is 5. The highest BCUT2D eigenvalue weighted by atomic mass is 31.1. The molecule has 0 bridgehead atoms. The molecule has 0 amide bonds. The van der Waals surface area contributed by atoms with E-state index in [4.69, 9.17) is 9.42 Å². The molecule has 0 aliphatic heterocycles. The quantitative estimate of drug-likeness (QED) is 0.805. The average Bonchev–Trinajstić information content (AvgIpc) is 2.27. The summed E-state index contributed by atoms with van der Waals surface area (Å²) in [5, 5.41) is 0. The lowest BCUT2D eigenvalue weighted by Crippen LogP contribution is -2.25. The Morgan fingerprint density at radius 1 is 1.25 bits per heavy atom. The van der Waals surface area contributed by atoms with Crippen molar-refractivity contribution < 1.29 is 14.0 Å². The second kappa shape index (κ2) is 5.62. The zero-order valence-electron chi connectivity index (χ0n) is 9.99. The molecule has 16 heavy (non-hydrogen) atoms. The van der Waals surface area contributed by atoms with E-state index in [0.29, 0.717) is 12.8 Å². The molecular formula is C12H19O3P. The van der Waals surface area contributed by atoms with E-state index in [1.54, 1.807) is 0 Å². The maximum Gasteiger partial charge on any atom is 0.317 e. The molecule has 0 aliphatic carbocycles. The Morgan fingerprint density at radius 3 is 2.12 bits per heavy atom. The summed E-state index contributed by atoms with van der Waals surface area (Å²) in [5.74, 6) is 0. The summed E-state index contributed by atoms with van der Waals surface area (Å²) < 4.78 is 16.2. The van der Waals surface area contributed by atoms with Crippen molar-refractivity contribution >= 4 is 8.25 Å². The van der Waals surface area contributed by atoms with Crippen molar-refractivity contribution in [2.45, 2.75) is 39.2 Å². The summed E-state index contributed by atoms with van der Waals surface area (Å²) in [6.45, 7) is 5.95. The third-order valence-corrected chi connectivity index (χ3v) is 3.57. The average molecular weight is 242 g/mol. The van der Waals surface area contributed by atoms with Crippen LogP contribution in [-0.2, 0) is 14.7 Å². The maximum atomic E-state index is 10.9. The third-order valence-electron chi connectivity index (χ3n) is 3.00. The van der Waals surface area contributed by atoms with Gasteiger partial charge in [0.1, 0.15) is 5.60 Å². The largest absolute Gasteiger partial charge is 0.326 e. The minimum Gasteiger partial charge on any atom is -0.326 e. The molecule has 90 valence electrons. The predicted octanol–water partition coefficient (Wildman–Crippen LogP) is 3.41. The predicted molar refractivity (Wildman–Crippen MR) is 65.7 cm³/mol. The summed E-state index contributed by atoms with van der Waals surface area (Å²) in [7, 11) is -2.92. The molecule has 0 spiro atoms. The van der Waals surface area contributed by atoms with Crippen LogP contribution in [0.5, 0.6) is 0 Å². The van der Waals surface area contributed by atoms with Crippen LogP contribution >= 0.6 is 8.25 Å². The highest BCUT2D eigenvalue weighted by Crippen LogP contribution is 2.40. The van der Waals surface area contributed by atoms with Crippen LogP contribution in [0, 0.1) is 6.92 Å². The summed E-state index contributed by atoms with van der Waals surface area (Å²) in [6.07, 6.45) is 1.37. The molecule has 0 aromatic heterocycles. The van der Waals surface area contributed by atoms with Crippen LogP contribution in [0.25, 0.3) is 0 Å². The number of benzene rings is 1. The van der Waals surface area contributed by atoms with Gasteiger partial charge in [-0.2, -0.15) is 0 Å². The van der Waals surface area contributed by atoms with Gasteiger partial charge in [-0.3, -0.25) is 9.09 Å². The molecule has 0 heterocycles. The lowest BCUT2D eigenvalue weighted by atomic mass is 9.88. The fraction of sp³-hybridized carbons (Fsp3) is 0.500. The Balaban J connectivity index is 3.09. The molecule has 0 fully saturated rings. The first-order valence-corrected chi connectivity index (χ1v) is 6.79. The summed E-state index contributed by atoms with van der Waals surface area (Å²) >= 11 is 0. The van der Waals surface area contributed by atoms with Gasteiger partial charge in [-0.05, 0) is 25.3 Å². The molecule has 0 aliphatic rings. The molecule has 1 aromatic carbocycles. The van der Waals surface area contributed by atoms with E-state index in [0.717, 1.165) is 5.56 Å². The number of hydrogen-bond acceptors (Lipinski definition) is 2. The van der Waals surface area contributed by atoms with Crippen LogP contribution in [0.4, 0.5) is 0 Å². The van der Waals surface area contributed by atoms with Gasteiger partial charge in [-0.15, -0.1) is 0 Å². The normalized spacial score (nSPS) is 13.8. The van der Waals surface area contributed by atoms with Crippen LogP contribution in [0.1, 0.15) is 37.8 Å². The van der Waals surface area contributed by atoms with Gasteiger partial charge in [-0.1, -0.05) is 43.7 Å². The van der Waals surface area contributed by atoms with Crippen molar-refractivity contribution in [1.82, 2.24) is 0 Å². The first-order valence-electron chi connectivity index (χ1n) is 5.53. The maximum absolute atomic E-state index is 10.9. The summed E-state index contributed by atoms with van der Waals surface area (Å²) in [4.78, 5) is 8.99. The SMILES string of the molecule is CCC(CC)(O[PH](=O)O)c1ccc(C)cc1. The third kappa shape index (κ3) is 2.94. The molecule has 1 aromatic rings. The highest BCUT2D eigenvalue weighted by molar-refractivity contribution is 7.32. The van der Waals surface area contributed by atoms with Crippen LogP contribution in [0.2, 0.25) is 0 Å². The minimum atomic E-state index is -2.92. The van der Waals surface area contributed by atoms with Gasteiger partial charge in [0.15, 0.2) is 0 Å². The van der Waals surface area contributed by atoms with E-state index in [2.05, 4.69) is 0 Å². The Kier molecular flexibility index (Phi) is 4.72. The van der Waals surface area contributed by atoms with E-state index >= 15 is 0 Å². The van der Waals surface area contributed by atoms with Gasteiger partial charge < -0.3 is 4.89 Å². The Labute approximate surface area is 97.4 Å². The topological polar surface area (TPSA) is 46.5 Å². The summed E-state index contributed by atoms with van der Waals surface area (Å²) in [6, 6.07) is 7.92. The zero-order valence-corrected chi connectivity index (χ0v) is 11.0. The van der Waals surface area contributed by atoms with Crippen LogP contribution < -0.4 is 0 Å². The van der Waals surface area contributed by atoms with Crippen molar-refractivity contribution in [1.29, 1.82) is 0 Å². The number of aryl methyl sites for hydroxylation is 1. The van der Waals surface area contributed by atoms with E-state index in [9.17, 15) is 4.57 Å². The standard InChI is InChI=1S/C12H19O3P/c1-4-12(5-2,15-16(13)14)11-8-6-10(3)7-9-11/h6-9,16H,4-5H2,1-3H3,(H,13,14). The monoisotopic (exact) mass is 242 g/mol. The minimum absolute atomic E-state index is 0.626.